The van der Waals surface area contributed by atoms with Gasteiger partial charge in [-0.2, -0.15) is 0 Å². The Morgan fingerprint density at radius 2 is 2.11 bits per heavy atom. The highest BCUT2D eigenvalue weighted by atomic mass is 16.1. The first kappa shape index (κ1) is 11.5. The lowest BCUT2D eigenvalue weighted by molar-refractivity contribution is 0.102. The van der Waals surface area contributed by atoms with Crippen molar-refractivity contribution in [2.24, 2.45) is 0 Å². The van der Waals surface area contributed by atoms with Crippen LogP contribution < -0.4 is 5.32 Å². The standard InChI is InChI=1S/C15H13N3O/c1-10-8-14(12-4-2-3-5-13(12)17-10)18-15(19)11-6-7-16-9-11/h2-9,16H,1H3,(H,17,18,19). The lowest BCUT2D eigenvalue weighted by atomic mass is 10.1. The summed E-state index contributed by atoms with van der Waals surface area (Å²) in [5, 5.41) is 3.87. The molecule has 3 aromatic rings. The average molecular weight is 251 g/mol. The van der Waals surface area contributed by atoms with Crippen LogP contribution in [-0.4, -0.2) is 15.9 Å². The molecule has 19 heavy (non-hydrogen) atoms. The molecular formula is C15H13N3O. The smallest absolute Gasteiger partial charge is 0.257 e. The number of carbonyl (C=O) groups is 1. The first-order valence-corrected chi connectivity index (χ1v) is 6.04. The molecule has 94 valence electrons. The molecule has 0 fully saturated rings. The van der Waals surface area contributed by atoms with Gasteiger partial charge in [0.05, 0.1) is 16.8 Å². The van der Waals surface area contributed by atoms with E-state index in [1.165, 1.54) is 0 Å². The lowest BCUT2D eigenvalue weighted by Crippen LogP contribution is -2.11. The predicted octanol–water partition coefficient (Wildman–Crippen LogP) is 3.12. The van der Waals surface area contributed by atoms with Crippen LogP contribution in [0.25, 0.3) is 10.9 Å². The normalized spacial score (nSPS) is 10.6. The predicted molar refractivity (Wildman–Crippen MR) is 75.2 cm³/mol. The van der Waals surface area contributed by atoms with E-state index < -0.39 is 0 Å². The van der Waals surface area contributed by atoms with E-state index in [1.54, 1.807) is 18.5 Å². The van der Waals surface area contributed by atoms with Gasteiger partial charge < -0.3 is 10.3 Å². The Morgan fingerprint density at radius 3 is 2.89 bits per heavy atom. The Labute approximate surface area is 110 Å². The third kappa shape index (κ3) is 2.20. The van der Waals surface area contributed by atoms with Gasteiger partial charge in [-0.05, 0) is 25.1 Å². The van der Waals surface area contributed by atoms with Crippen LogP contribution >= 0.6 is 0 Å². The first-order chi connectivity index (χ1) is 9.24. The molecule has 0 bridgehead atoms. The van der Waals surface area contributed by atoms with E-state index >= 15 is 0 Å². The fourth-order valence-corrected chi connectivity index (χ4v) is 2.07. The molecule has 0 aliphatic rings. The fourth-order valence-electron chi connectivity index (χ4n) is 2.07. The molecule has 1 aromatic carbocycles. The average Bonchev–Trinajstić information content (AvgIpc) is 2.92. The number of pyridine rings is 1. The summed E-state index contributed by atoms with van der Waals surface area (Å²) >= 11 is 0. The van der Waals surface area contributed by atoms with E-state index in [9.17, 15) is 4.79 Å². The summed E-state index contributed by atoms with van der Waals surface area (Å²) < 4.78 is 0. The number of hydrogen-bond acceptors (Lipinski definition) is 2. The van der Waals surface area contributed by atoms with Crippen LogP contribution in [0.5, 0.6) is 0 Å². The van der Waals surface area contributed by atoms with Gasteiger partial charge in [-0.1, -0.05) is 18.2 Å². The van der Waals surface area contributed by atoms with Gasteiger partial charge in [-0.15, -0.1) is 0 Å². The van der Waals surface area contributed by atoms with Gasteiger partial charge in [0.25, 0.3) is 5.91 Å². The van der Waals surface area contributed by atoms with Crippen LogP contribution in [0.1, 0.15) is 16.1 Å². The number of amides is 1. The number of nitrogens with zero attached hydrogens (tertiary/aromatic N) is 1. The molecule has 0 radical (unpaired) electrons. The Morgan fingerprint density at radius 1 is 1.26 bits per heavy atom. The number of rotatable bonds is 2. The van der Waals surface area contributed by atoms with Gasteiger partial charge in [0.1, 0.15) is 0 Å². The number of aromatic nitrogens is 2. The maximum atomic E-state index is 12.1. The molecule has 0 saturated heterocycles. The molecule has 0 unspecified atom stereocenters. The third-order valence-electron chi connectivity index (χ3n) is 2.95. The van der Waals surface area contributed by atoms with Gasteiger partial charge in [0, 0.05) is 23.5 Å². The Kier molecular flexibility index (Phi) is 2.76. The minimum atomic E-state index is -0.128. The zero-order valence-corrected chi connectivity index (χ0v) is 10.5. The van der Waals surface area contributed by atoms with E-state index in [-0.39, 0.29) is 5.91 Å². The molecule has 2 aromatic heterocycles. The molecule has 1 amide bonds. The minimum absolute atomic E-state index is 0.128. The minimum Gasteiger partial charge on any atom is -0.367 e. The van der Waals surface area contributed by atoms with Crippen LogP contribution in [0.2, 0.25) is 0 Å². The molecule has 0 atom stereocenters. The van der Waals surface area contributed by atoms with Crippen molar-refractivity contribution in [3.63, 3.8) is 0 Å². The first-order valence-electron chi connectivity index (χ1n) is 6.04. The Balaban J connectivity index is 2.03. The van der Waals surface area contributed by atoms with Gasteiger partial charge in [-0.25, -0.2) is 0 Å². The number of fused-ring (bicyclic) bond motifs is 1. The molecular weight excluding hydrogens is 238 g/mol. The Bertz CT molecular complexity index is 732. The second kappa shape index (κ2) is 4.57. The van der Waals surface area contributed by atoms with E-state index in [0.717, 1.165) is 22.3 Å². The van der Waals surface area contributed by atoms with Crippen LogP contribution in [0.15, 0.2) is 48.8 Å². The zero-order valence-electron chi connectivity index (χ0n) is 10.5. The van der Waals surface area contributed by atoms with Crippen molar-refractivity contribution in [3.8, 4) is 0 Å². The topological polar surface area (TPSA) is 57.8 Å². The van der Waals surface area contributed by atoms with Crippen molar-refractivity contribution >= 4 is 22.5 Å². The maximum Gasteiger partial charge on any atom is 0.257 e. The molecule has 4 nitrogen and oxygen atoms in total. The monoisotopic (exact) mass is 251 g/mol. The molecule has 0 aliphatic heterocycles. The highest BCUT2D eigenvalue weighted by Crippen LogP contribution is 2.23. The van der Waals surface area contributed by atoms with Crippen molar-refractivity contribution in [1.29, 1.82) is 0 Å². The third-order valence-corrected chi connectivity index (χ3v) is 2.95. The molecule has 4 heteroatoms. The largest absolute Gasteiger partial charge is 0.367 e. The number of anilines is 1. The van der Waals surface area contributed by atoms with Crippen molar-refractivity contribution in [2.75, 3.05) is 5.32 Å². The van der Waals surface area contributed by atoms with Crippen molar-refractivity contribution in [3.05, 3.63) is 60.0 Å². The van der Waals surface area contributed by atoms with Crippen molar-refractivity contribution in [2.45, 2.75) is 6.92 Å². The summed E-state index contributed by atoms with van der Waals surface area (Å²) in [5.41, 5.74) is 3.16. The molecule has 0 aliphatic carbocycles. The van der Waals surface area contributed by atoms with E-state index in [4.69, 9.17) is 0 Å². The second-order valence-corrected chi connectivity index (χ2v) is 4.38. The van der Waals surface area contributed by atoms with E-state index in [1.807, 2.05) is 37.3 Å². The summed E-state index contributed by atoms with van der Waals surface area (Å²) in [7, 11) is 0. The summed E-state index contributed by atoms with van der Waals surface area (Å²) in [6.45, 7) is 1.92. The lowest BCUT2D eigenvalue weighted by Gasteiger charge is -2.09. The number of aromatic amines is 1. The number of H-pyrrole nitrogens is 1. The van der Waals surface area contributed by atoms with Crippen LogP contribution in [0.4, 0.5) is 5.69 Å². The maximum absolute atomic E-state index is 12.1. The Hall–Kier alpha value is -2.62. The number of para-hydroxylation sites is 1. The molecule has 3 rings (SSSR count). The number of benzene rings is 1. The van der Waals surface area contributed by atoms with Gasteiger partial charge >= 0.3 is 0 Å². The summed E-state index contributed by atoms with van der Waals surface area (Å²) in [6.07, 6.45) is 3.40. The zero-order chi connectivity index (χ0) is 13.2. The molecule has 2 N–H and O–H groups in total. The molecule has 0 saturated carbocycles. The van der Waals surface area contributed by atoms with Crippen LogP contribution in [-0.2, 0) is 0 Å². The summed E-state index contributed by atoms with van der Waals surface area (Å²) in [5.74, 6) is -0.128. The van der Waals surface area contributed by atoms with E-state index in [2.05, 4.69) is 15.3 Å². The highest BCUT2D eigenvalue weighted by Gasteiger charge is 2.09. The number of carbonyl (C=O) groups excluding carboxylic acids is 1. The number of aryl methyl sites for hydroxylation is 1. The SMILES string of the molecule is Cc1cc(NC(=O)c2cc[nH]c2)c2ccccc2n1. The second-order valence-electron chi connectivity index (χ2n) is 4.38. The van der Waals surface area contributed by atoms with Gasteiger partial charge in [-0.3, -0.25) is 9.78 Å². The van der Waals surface area contributed by atoms with Gasteiger partial charge in [0.15, 0.2) is 0 Å². The van der Waals surface area contributed by atoms with Crippen molar-refractivity contribution < 1.29 is 4.79 Å². The fraction of sp³-hybridized carbons (Fsp3) is 0.0667. The summed E-state index contributed by atoms with van der Waals surface area (Å²) in [4.78, 5) is 19.4. The van der Waals surface area contributed by atoms with Crippen molar-refractivity contribution in [1.82, 2.24) is 9.97 Å². The number of hydrogen-bond donors (Lipinski definition) is 2. The van der Waals surface area contributed by atoms with Gasteiger partial charge in [0.2, 0.25) is 0 Å². The van der Waals surface area contributed by atoms with E-state index in [0.29, 0.717) is 5.56 Å². The van der Waals surface area contributed by atoms with Crippen LogP contribution in [0, 0.1) is 6.92 Å². The number of nitrogens with one attached hydrogen (secondary N) is 2. The quantitative estimate of drug-likeness (QED) is 0.735. The highest BCUT2D eigenvalue weighted by molar-refractivity contribution is 6.08. The molecule has 2 heterocycles. The molecule has 0 spiro atoms. The van der Waals surface area contributed by atoms with Crippen LogP contribution in [0.3, 0.4) is 0 Å². The summed E-state index contributed by atoms with van der Waals surface area (Å²) in [6, 6.07) is 11.4.